The first-order chi connectivity index (χ1) is 9.97. The van der Waals surface area contributed by atoms with E-state index >= 15 is 0 Å². The predicted molar refractivity (Wildman–Crippen MR) is 76.8 cm³/mol. The zero-order valence-electron chi connectivity index (χ0n) is 11.4. The van der Waals surface area contributed by atoms with Gasteiger partial charge in [-0.15, -0.1) is 5.10 Å². The Bertz CT molecular complexity index is 704. The number of hydrogen-bond acceptors (Lipinski definition) is 5. The van der Waals surface area contributed by atoms with Crippen LogP contribution in [0.1, 0.15) is 5.69 Å². The molecule has 21 heavy (non-hydrogen) atoms. The van der Waals surface area contributed by atoms with Crippen LogP contribution in [0.3, 0.4) is 0 Å². The van der Waals surface area contributed by atoms with E-state index in [9.17, 15) is 12.8 Å². The smallest absolute Gasteiger partial charge is 0.240 e. The van der Waals surface area contributed by atoms with E-state index in [0.717, 1.165) is 11.8 Å². The van der Waals surface area contributed by atoms with Crippen molar-refractivity contribution in [2.24, 2.45) is 0 Å². The average molecular weight is 310 g/mol. The van der Waals surface area contributed by atoms with E-state index in [-0.39, 0.29) is 11.4 Å². The van der Waals surface area contributed by atoms with Crippen molar-refractivity contribution in [3.8, 4) is 0 Å². The molecule has 0 unspecified atom stereocenters. The van der Waals surface area contributed by atoms with Crippen LogP contribution in [-0.4, -0.2) is 31.7 Å². The van der Waals surface area contributed by atoms with Gasteiger partial charge in [-0.3, -0.25) is 0 Å². The molecule has 2 rings (SSSR count). The molecular formula is C13H15FN4O2S. The van der Waals surface area contributed by atoms with Gasteiger partial charge in [0.2, 0.25) is 10.0 Å². The van der Waals surface area contributed by atoms with Crippen molar-refractivity contribution < 1.29 is 12.8 Å². The minimum absolute atomic E-state index is 0.0994. The Labute approximate surface area is 122 Å². The average Bonchev–Trinajstić information content (AvgIpc) is 2.45. The van der Waals surface area contributed by atoms with Crippen molar-refractivity contribution in [1.29, 1.82) is 0 Å². The number of nitrogens with one attached hydrogen (secondary N) is 2. The van der Waals surface area contributed by atoms with Gasteiger partial charge in [0, 0.05) is 13.1 Å². The SMILES string of the molecule is Cc1ccc(NCCNS(=O)(=O)c2cccc(F)c2)nn1. The van der Waals surface area contributed by atoms with Gasteiger partial charge in [0.05, 0.1) is 10.6 Å². The molecule has 2 N–H and O–H groups in total. The molecule has 0 fully saturated rings. The van der Waals surface area contributed by atoms with Crippen molar-refractivity contribution in [2.75, 3.05) is 18.4 Å². The summed E-state index contributed by atoms with van der Waals surface area (Å²) in [6.45, 7) is 2.31. The highest BCUT2D eigenvalue weighted by Crippen LogP contribution is 2.09. The van der Waals surface area contributed by atoms with Gasteiger partial charge in [-0.25, -0.2) is 17.5 Å². The van der Waals surface area contributed by atoms with E-state index in [1.54, 1.807) is 12.1 Å². The monoisotopic (exact) mass is 310 g/mol. The number of halogens is 1. The quantitative estimate of drug-likeness (QED) is 0.786. The molecule has 112 valence electrons. The molecule has 8 heteroatoms. The second-order valence-electron chi connectivity index (χ2n) is 4.34. The molecule has 0 aliphatic carbocycles. The number of rotatable bonds is 6. The second-order valence-corrected chi connectivity index (χ2v) is 6.11. The molecule has 0 atom stereocenters. The topological polar surface area (TPSA) is 84.0 Å². The van der Waals surface area contributed by atoms with Gasteiger partial charge in [-0.05, 0) is 37.3 Å². The van der Waals surface area contributed by atoms with E-state index < -0.39 is 15.8 Å². The third kappa shape index (κ3) is 4.47. The molecule has 1 aromatic carbocycles. The number of hydrogen-bond donors (Lipinski definition) is 2. The van der Waals surface area contributed by atoms with Crippen LogP contribution in [0.15, 0.2) is 41.3 Å². The van der Waals surface area contributed by atoms with Crippen molar-refractivity contribution in [1.82, 2.24) is 14.9 Å². The van der Waals surface area contributed by atoms with Gasteiger partial charge >= 0.3 is 0 Å². The standard InChI is InChI=1S/C13H15FN4O2S/c1-10-5-6-13(18-17-10)15-7-8-16-21(19,20)12-4-2-3-11(14)9-12/h2-6,9,16H,7-8H2,1H3,(H,15,18). The Hall–Kier alpha value is -2.06. The third-order valence-corrected chi connectivity index (χ3v) is 4.09. The molecule has 0 bridgehead atoms. The van der Waals surface area contributed by atoms with Gasteiger partial charge in [0.1, 0.15) is 11.6 Å². The zero-order valence-corrected chi connectivity index (χ0v) is 12.2. The number of nitrogens with zero attached hydrogens (tertiary/aromatic N) is 2. The predicted octanol–water partition coefficient (Wildman–Crippen LogP) is 1.31. The molecule has 0 amide bonds. The van der Waals surface area contributed by atoms with Crippen molar-refractivity contribution in [2.45, 2.75) is 11.8 Å². The minimum Gasteiger partial charge on any atom is -0.367 e. The fourth-order valence-corrected chi connectivity index (χ4v) is 2.65. The Morgan fingerprint density at radius 3 is 2.62 bits per heavy atom. The first-order valence-corrected chi connectivity index (χ1v) is 7.75. The molecule has 0 saturated carbocycles. The van der Waals surface area contributed by atoms with E-state index in [2.05, 4.69) is 20.2 Å². The van der Waals surface area contributed by atoms with E-state index in [1.165, 1.54) is 18.2 Å². The molecule has 6 nitrogen and oxygen atoms in total. The molecule has 0 radical (unpaired) electrons. The normalized spacial score (nSPS) is 11.3. The molecule has 0 aliphatic rings. The fourth-order valence-electron chi connectivity index (χ4n) is 1.59. The lowest BCUT2D eigenvalue weighted by Gasteiger charge is -2.08. The van der Waals surface area contributed by atoms with E-state index in [0.29, 0.717) is 12.4 Å². The van der Waals surface area contributed by atoms with Crippen LogP contribution in [0.25, 0.3) is 0 Å². The molecule has 2 aromatic rings. The van der Waals surface area contributed by atoms with Crippen molar-refractivity contribution in [3.05, 3.63) is 47.9 Å². The number of sulfonamides is 1. The molecule has 0 saturated heterocycles. The highest BCUT2D eigenvalue weighted by molar-refractivity contribution is 7.89. The summed E-state index contributed by atoms with van der Waals surface area (Å²) in [5, 5.41) is 10.7. The number of benzene rings is 1. The van der Waals surface area contributed by atoms with Gasteiger partial charge in [0.15, 0.2) is 0 Å². The molecule has 1 aromatic heterocycles. The fraction of sp³-hybridized carbons (Fsp3) is 0.231. The maximum Gasteiger partial charge on any atom is 0.240 e. The third-order valence-electron chi connectivity index (χ3n) is 2.63. The van der Waals surface area contributed by atoms with Crippen LogP contribution in [0.4, 0.5) is 10.2 Å². The summed E-state index contributed by atoms with van der Waals surface area (Å²) < 4.78 is 39.2. The molecule has 0 spiro atoms. The Kier molecular flexibility index (Phi) is 4.81. The molecule has 1 heterocycles. The summed E-state index contributed by atoms with van der Waals surface area (Å²) in [5.74, 6) is -0.0310. The van der Waals surface area contributed by atoms with Gasteiger partial charge in [0.25, 0.3) is 0 Å². The van der Waals surface area contributed by atoms with E-state index in [4.69, 9.17) is 0 Å². The summed E-state index contributed by atoms with van der Waals surface area (Å²) in [6.07, 6.45) is 0. The van der Waals surface area contributed by atoms with Crippen LogP contribution in [-0.2, 0) is 10.0 Å². The summed E-state index contributed by atoms with van der Waals surface area (Å²) in [5.41, 5.74) is 0.798. The molecular weight excluding hydrogens is 295 g/mol. The maximum atomic E-state index is 13.0. The second kappa shape index (κ2) is 6.59. The highest BCUT2D eigenvalue weighted by atomic mass is 32.2. The van der Waals surface area contributed by atoms with Gasteiger partial charge in [-0.2, -0.15) is 5.10 Å². The summed E-state index contributed by atoms with van der Waals surface area (Å²) in [7, 11) is -3.71. The summed E-state index contributed by atoms with van der Waals surface area (Å²) in [4.78, 5) is -0.0994. The zero-order chi connectivity index (χ0) is 15.3. The number of aromatic nitrogens is 2. The van der Waals surface area contributed by atoms with Crippen LogP contribution in [0, 0.1) is 12.7 Å². The van der Waals surface area contributed by atoms with Crippen molar-refractivity contribution >= 4 is 15.8 Å². The Morgan fingerprint density at radius 2 is 1.95 bits per heavy atom. The van der Waals surface area contributed by atoms with E-state index in [1.807, 2.05) is 6.92 Å². The molecule has 0 aliphatic heterocycles. The Morgan fingerprint density at radius 1 is 1.14 bits per heavy atom. The number of aryl methyl sites for hydroxylation is 1. The highest BCUT2D eigenvalue weighted by Gasteiger charge is 2.13. The van der Waals surface area contributed by atoms with Crippen molar-refractivity contribution in [3.63, 3.8) is 0 Å². The summed E-state index contributed by atoms with van der Waals surface area (Å²) >= 11 is 0. The lowest BCUT2D eigenvalue weighted by Crippen LogP contribution is -2.29. The first kappa shape index (κ1) is 15.3. The van der Waals surface area contributed by atoms with Crippen LogP contribution in [0.2, 0.25) is 0 Å². The maximum absolute atomic E-state index is 13.0. The van der Waals surface area contributed by atoms with Gasteiger partial charge < -0.3 is 5.32 Å². The first-order valence-electron chi connectivity index (χ1n) is 6.27. The lowest BCUT2D eigenvalue weighted by atomic mass is 10.4. The van der Waals surface area contributed by atoms with Crippen LogP contribution in [0.5, 0.6) is 0 Å². The number of anilines is 1. The largest absolute Gasteiger partial charge is 0.367 e. The lowest BCUT2D eigenvalue weighted by molar-refractivity contribution is 0.579. The van der Waals surface area contributed by atoms with Crippen LogP contribution < -0.4 is 10.0 Å². The Balaban J connectivity index is 1.86. The summed E-state index contributed by atoms with van der Waals surface area (Å²) in [6, 6.07) is 8.40. The van der Waals surface area contributed by atoms with Crippen LogP contribution >= 0.6 is 0 Å². The van der Waals surface area contributed by atoms with Gasteiger partial charge in [-0.1, -0.05) is 6.07 Å². The minimum atomic E-state index is -3.71.